The molecule has 0 unspecified atom stereocenters. The summed E-state index contributed by atoms with van der Waals surface area (Å²) >= 11 is 6.09. The molecule has 0 atom stereocenters. The fourth-order valence-corrected chi connectivity index (χ4v) is 2.13. The van der Waals surface area contributed by atoms with Gasteiger partial charge in [0.15, 0.2) is 0 Å². The molecule has 0 saturated carbocycles. The first-order valence-electron chi connectivity index (χ1n) is 5.94. The molecule has 2 aromatic rings. The van der Waals surface area contributed by atoms with Crippen LogP contribution in [0.25, 0.3) is 0 Å². The van der Waals surface area contributed by atoms with Crippen LogP contribution in [0, 0.1) is 0 Å². The first-order valence-corrected chi connectivity index (χ1v) is 6.32. The van der Waals surface area contributed by atoms with Gasteiger partial charge in [-0.1, -0.05) is 11.6 Å². The van der Waals surface area contributed by atoms with E-state index in [0.717, 1.165) is 5.82 Å². The summed E-state index contributed by atoms with van der Waals surface area (Å²) in [6, 6.07) is 3.07. The Morgan fingerprint density at radius 2 is 2.25 bits per heavy atom. The zero-order chi connectivity index (χ0) is 14.7. The Balaban J connectivity index is 2.13. The quantitative estimate of drug-likeness (QED) is 0.706. The second-order valence-corrected chi connectivity index (χ2v) is 4.73. The minimum Gasteiger partial charge on any atom is -0.399 e. The number of nitrogens with zero attached hydrogens (tertiary/aromatic N) is 3. The van der Waals surface area contributed by atoms with Gasteiger partial charge in [-0.3, -0.25) is 4.79 Å². The van der Waals surface area contributed by atoms with Crippen molar-refractivity contribution in [2.24, 2.45) is 12.8 Å². The third-order valence-electron chi connectivity index (χ3n) is 2.83. The maximum absolute atomic E-state index is 11.4. The van der Waals surface area contributed by atoms with Crippen LogP contribution in [-0.2, 0) is 13.5 Å². The summed E-state index contributed by atoms with van der Waals surface area (Å²) in [6.07, 6.45) is 2.26. The number of nitrogens with two attached hydrogens (primary N) is 2. The molecule has 1 aromatic heterocycles. The van der Waals surface area contributed by atoms with Gasteiger partial charge in [-0.05, 0) is 12.1 Å². The number of nitrogens with one attached hydrogen (secondary N) is 1. The summed E-state index contributed by atoms with van der Waals surface area (Å²) in [7, 11) is 1.86. The number of halogens is 1. The van der Waals surface area contributed by atoms with E-state index in [4.69, 9.17) is 23.1 Å². The van der Waals surface area contributed by atoms with Gasteiger partial charge in [0.2, 0.25) is 0 Å². The Morgan fingerprint density at radius 1 is 1.50 bits per heavy atom. The highest BCUT2D eigenvalue weighted by molar-refractivity contribution is 6.34. The SMILES string of the molecule is Cn1cnnc1CCNc1c(Cl)cc(N)cc1C(N)=O. The lowest BCUT2D eigenvalue weighted by molar-refractivity contribution is 0.100. The maximum atomic E-state index is 11.4. The van der Waals surface area contributed by atoms with Crippen LogP contribution in [0.1, 0.15) is 16.2 Å². The number of amides is 1. The van der Waals surface area contributed by atoms with Crippen molar-refractivity contribution in [3.05, 3.63) is 34.9 Å². The first-order chi connectivity index (χ1) is 9.49. The normalized spacial score (nSPS) is 10.5. The molecule has 0 aliphatic carbocycles. The molecule has 0 spiro atoms. The lowest BCUT2D eigenvalue weighted by Gasteiger charge is -2.12. The minimum atomic E-state index is -0.583. The lowest BCUT2D eigenvalue weighted by atomic mass is 10.1. The summed E-state index contributed by atoms with van der Waals surface area (Å²) in [5.74, 6) is 0.241. The third kappa shape index (κ3) is 3.00. The van der Waals surface area contributed by atoms with Crippen LogP contribution in [0.2, 0.25) is 5.02 Å². The van der Waals surface area contributed by atoms with Crippen molar-refractivity contribution in [3.63, 3.8) is 0 Å². The van der Waals surface area contributed by atoms with Gasteiger partial charge in [0.05, 0.1) is 16.3 Å². The molecule has 0 saturated heterocycles. The van der Waals surface area contributed by atoms with Crippen molar-refractivity contribution >= 4 is 28.9 Å². The number of hydrogen-bond donors (Lipinski definition) is 3. The molecule has 0 fully saturated rings. The van der Waals surface area contributed by atoms with E-state index in [0.29, 0.717) is 29.4 Å². The molecular weight excluding hydrogens is 280 g/mol. The van der Waals surface area contributed by atoms with Crippen LogP contribution >= 0.6 is 11.6 Å². The molecule has 2 rings (SSSR count). The predicted molar refractivity (Wildman–Crippen MR) is 77.6 cm³/mol. The van der Waals surface area contributed by atoms with Crippen molar-refractivity contribution in [2.75, 3.05) is 17.6 Å². The number of carbonyl (C=O) groups is 1. The molecular formula is C12H15ClN6O. The minimum absolute atomic E-state index is 0.271. The van der Waals surface area contributed by atoms with Crippen LogP contribution in [0.4, 0.5) is 11.4 Å². The topological polar surface area (TPSA) is 112 Å². The van der Waals surface area contributed by atoms with Crippen LogP contribution in [-0.4, -0.2) is 27.2 Å². The molecule has 8 heteroatoms. The smallest absolute Gasteiger partial charge is 0.250 e. The van der Waals surface area contributed by atoms with Gasteiger partial charge in [-0.2, -0.15) is 0 Å². The van der Waals surface area contributed by atoms with Crippen LogP contribution in [0.3, 0.4) is 0 Å². The van der Waals surface area contributed by atoms with Gasteiger partial charge in [-0.15, -0.1) is 10.2 Å². The number of hydrogen-bond acceptors (Lipinski definition) is 5. The summed E-state index contributed by atoms with van der Waals surface area (Å²) in [5.41, 5.74) is 12.1. The number of rotatable bonds is 5. The number of anilines is 2. The standard InChI is InChI=1S/C12H15ClN6O/c1-19-6-17-18-10(19)2-3-16-11-8(12(15)20)4-7(14)5-9(11)13/h4-6,16H,2-3,14H2,1H3,(H2,15,20). The van der Waals surface area contributed by atoms with E-state index in [1.54, 1.807) is 12.4 Å². The molecule has 106 valence electrons. The van der Waals surface area contributed by atoms with E-state index in [-0.39, 0.29) is 5.56 Å². The highest BCUT2D eigenvalue weighted by atomic mass is 35.5. The molecule has 0 bridgehead atoms. The largest absolute Gasteiger partial charge is 0.399 e. The predicted octanol–water partition coefficient (Wildman–Crippen LogP) is 0.804. The van der Waals surface area contributed by atoms with Crippen LogP contribution in [0.15, 0.2) is 18.5 Å². The second kappa shape index (κ2) is 5.79. The van der Waals surface area contributed by atoms with Gasteiger partial charge in [0.25, 0.3) is 5.91 Å². The fraction of sp³-hybridized carbons (Fsp3) is 0.250. The molecule has 1 heterocycles. The maximum Gasteiger partial charge on any atom is 0.250 e. The summed E-state index contributed by atoms with van der Waals surface area (Å²) in [6.45, 7) is 0.538. The highest BCUT2D eigenvalue weighted by Crippen LogP contribution is 2.28. The van der Waals surface area contributed by atoms with Gasteiger partial charge >= 0.3 is 0 Å². The second-order valence-electron chi connectivity index (χ2n) is 4.32. The Labute approximate surface area is 120 Å². The average molecular weight is 295 g/mol. The van der Waals surface area contributed by atoms with Gasteiger partial charge in [0, 0.05) is 25.7 Å². The van der Waals surface area contributed by atoms with E-state index < -0.39 is 5.91 Å². The fourth-order valence-electron chi connectivity index (χ4n) is 1.83. The molecule has 0 aliphatic heterocycles. The number of carbonyl (C=O) groups excluding carboxylic acids is 1. The number of aryl methyl sites for hydroxylation is 1. The molecule has 1 aromatic carbocycles. The van der Waals surface area contributed by atoms with Crippen molar-refractivity contribution < 1.29 is 4.79 Å². The number of benzene rings is 1. The van der Waals surface area contributed by atoms with Gasteiger partial charge in [-0.25, -0.2) is 0 Å². The van der Waals surface area contributed by atoms with Gasteiger partial charge in [0.1, 0.15) is 12.2 Å². The zero-order valence-corrected chi connectivity index (χ0v) is 11.7. The van der Waals surface area contributed by atoms with E-state index >= 15 is 0 Å². The third-order valence-corrected chi connectivity index (χ3v) is 3.13. The van der Waals surface area contributed by atoms with Crippen molar-refractivity contribution in [1.82, 2.24) is 14.8 Å². The molecule has 0 aliphatic rings. The first kappa shape index (κ1) is 14.1. The van der Waals surface area contributed by atoms with E-state index in [1.165, 1.54) is 6.07 Å². The van der Waals surface area contributed by atoms with Crippen LogP contribution < -0.4 is 16.8 Å². The van der Waals surface area contributed by atoms with E-state index in [2.05, 4.69) is 15.5 Å². The van der Waals surface area contributed by atoms with Crippen LogP contribution in [0.5, 0.6) is 0 Å². The molecule has 1 amide bonds. The summed E-state index contributed by atoms with van der Waals surface area (Å²) in [4.78, 5) is 11.4. The summed E-state index contributed by atoms with van der Waals surface area (Å²) < 4.78 is 1.82. The lowest BCUT2D eigenvalue weighted by Crippen LogP contribution is -2.17. The van der Waals surface area contributed by atoms with Crippen molar-refractivity contribution in [1.29, 1.82) is 0 Å². The Bertz CT molecular complexity index is 639. The molecule has 20 heavy (non-hydrogen) atoms. The Morgan fingerprint density at radius 3 is 2.85 bits per heavy atom. The Kier molecular flexibility index (Phi) is 4.09. The summed E-state index contributed by atoms with van der Waals surface area (Å²) in [5, 5.41) is 11.2. The highest BCUT2D eigenvalue weighted by Gasteiger charge is 2.13. The van der Waals surface area contributed by atoms with Gasteiger partial charge < -0.3 is 21.4 Å². The number of primary amides is 1. The molecule has 0 radical (unpaired) electrons. The van der Waals surface area contributed by atoms with Crippen molar-refractivity contribution in [3.8, 4) is 0 Å². The zero-order valence-electron chi connectivity index (χ0n) is 10.9. The number of aromatic nitrogens is 3. The van der Waals surface area contributed by atoms with Crippen molar-refractivity contribution in [2.45, 2.75) is 6.42 Å². The van der Waals surface area contributed by atoms with E-state index in [9.17, 15) is 4.79 Å². The molecule has 7 nitrogen and oxygen atoms in total. The monoisotopic (exact) mass is 294 g/mol. The van der Waals surface area contributed by atoms with E-state index in [1.807, 2.05) is 11.6 Å². The molecule has 5 N–H and O–H groups in total. The number of nitrogen functional groups attached to an aromatic ring is 1. The Hall–Kier alpha value is -2.28. The average Bonchev–Trinajstić information content (AvgIpc) is 2.77.